The van der Waals surface area contributed by atoms with Gasteiger partial charge in [0.25, 0.3) is 11.8 Å². The van der Waals surface area contributed by atoms with Gasteiger partial charge in [0, 0.05) is 18.2 Å². The lowest BCUT2D eigenvalue weighted by Gasteiger charge is -2.27. The third-order valence-electron chi connectivity index (χ3n) is 4.97. The van der Waals surface area contributed by atoms with E-state index in [-0.39, 0.29) is 30.0 Å². The summed E-state index contributed by atoms with van der Waals surface area (Å²) in [5.41, 5.74) is 7.52. The van der Waals surface area contributed by atoms with Crippen molar-refractivity contribution in [3.8, 4) is 0 Å². The number of nitrogens with one attached hydrogen (secondary N) is 2. The van der Waals surface area contributed by atoms with E-state index in [0.29, 0.717) is 24.5 Å². The quantitative estimate of drug-likeness (QED) is 0.545. The number of rotatable bonds is 6. The Morgan fingerprint density at radius 3 is 2.73 bits per heavy atom. The molecule has 0 bridgehead atoms. The summed E-state index contributed by atoms with van der Waals surface area (Å²) in [4.78, 5) is 50.0. The van der Waals surface area contributed by atoms with Gasteiger partial charge in [-0.05, 0) is 31.5 Å². The van der Waals surface area contributed by atoms with E-state index >= 15 is 0 Å². The number of imide groups is 2. The van der Waals surface area contributed by atoms with E-state index in [9.17, 15) is 19.2 Å². The highest BCUT2D eigenvalue weighted by Gasteiger charge is 2.44. The molecule has 4 amide bonds. The number of hydrogen-bond donors (Lipinski definition) is 3. The van der Waals surface area contributed by atoms with Crippen LogP contribution < -0.4 is 16.4 Å². The Bertz CT molecular complexity index is 1050. The number of piperidine rings is 1. The van der Waals surface area contributed by atoms with E-state index < -0.39 is 29.7 Å². The van der Waals surface area contributed by atoms with Crippen LogP contribution in [0.25, 0.3) is 0 Å². The molecule has 1 unspecified atom stereocenters. The van der Waals surface area contributed by atoms with Crippen LogP contribution in [0.4, 0.5) is 5.69 Å². The first-order chi connectivity index (χ1) is 14.3. The van der Waals surface area contributed by atoms with Crippen LogP contribution in [0, 0.1) is 0 Å². The van der Waals surface area contributed by atoms with Gasteiger partial charge in [-0.15, -0.1) is 5.10 Å². The van der Waals surface area contributed by atoms with Crippen LogP contribution >= 0.6 is 0 Å². The van der Waals surface area contributed by atoms with Gasteiger partial charge in [0.1, 0.15) is 11.7 Å². The third-order valence-corrected chi connectivity index (χ3v) is 4.97. The third kappa shape index (κ3) is 3.66. The van der Waals surface area contributed by atoms with Crippen LogP contribution in [-0.4, -0.2) is 55.6 Å². The van der Waals surface area contributed by atoms with E-state index in [2.05, 4.69) is 20.9 Å². The summed E-state index contributed by atoms with van der Waals surface area (Å²) in [6, 6.07) is 3.79. The fourth-order valence-corrected chi connectivity index (χ4v) is 3.58. The summed E-state index contributed by atoms with van der Waals surface area (Å²) in [6.45, 7) is 2.80. The molecule has 4 N–H and O–H groups in total. The van der Waals surface area contributed by atoms with Crippen LogP contribution in [-0.2, 0) is 22.7 Å². The smallest absolute Gasteiger partial charge is 0.262 e. The zero-order valence-electron chi connectivity index (χ0n) is 16.3. The van der Waals surface area contributed by atoms with Gasteiger partial charge in [-0.1, -0.05) is 5.21 Å². The average molecular weight is 411 g/mol. The number of fused-ring (bicyclic) bond motifs is 1. The summed E-state index contributed by atoms with van der Waals surface area (Å²) in [5, 5.41) is 13.4. The van der Waals surface area contributed by atoms with Crippen LogP contribution in [0.1, 0.15) is 46.2 Å². The van der Waals surface area contributed by atoms with E-state index in [1.165, 1.54) is 0 Å². The van der Waals surface area contributed by atoms with Crippen molar-refractivity contribution >= 4 is 29.3 Å². The van der Waals surface area contributed by atoms with E-state index in [1.54, 1.807) is 29.1 Å². The summed E-state index contributed by atoms with van der Waals surface area (Å²) in [5.74, 6) is -2.11. The lowest BCUT2D eigenvalue weighted by Crippen LogP contribution is -2.54. The van der Waals surface area contributed by atoms with Gasteiger partial charge in [-0.3, -0.25) is 34.1 Å². The molecule has 0 radical (unpaired) electrons. The first-order valence-electron chi connectivity index (χ1n) is 9.57. The van der Waals surface area contributed by atoms with Crippen molar-refractivity contribution in [3.63, 3.8) is 0 Å². The van der Waals surface area contributed by atoms with E-state index in [4.69, 9.17) is 5.73 Å². The lowest BCUT2D eigenvalue weighted by atomic mass is 10.0. The second-order valence-corrected chi connectivity index (χ2v) is 7.47. The van der Waals surface area contributed by atoms with Gasteiger partial charge in [0.2, 0.25) is 11.8 Å². The molecule has 0 saturated carbocycles. The Kier molecular flexibility index (Phi) is 5.04. The SMILES string of the molecule is C[C@H](N)Cn1cc(CNc2ccc3c(c2)C(=O)N(C2CCC(=O)NC2=O)C3=O)nn1. The van der Waals surface area contributed by atoms with Gasteiger partial charge < -0.3 is 11.1 Å². The van der Waals surface area contributed by atoms with Crippen molar-refractivity contribution in [2.45, 2.75) is 44.9 Å². The maximum atomic E-state index is 12.8. The Labute approximate surface area is 171 Å². The summed E-state index contributed by atoms with van der Waals surface area (Å²) >= 11 is 0. The number of nitrogens with zero attached hydrogens (tertiary/aromatic N) is 4. The van der Waals surface area contributed by atoms with Gasteiger partial charge >= 0.3 is 0 Å². The topological polar surface area (TPSA) is 152 Å². The summed E-state index contributed by atoms with van der Waals surface area (Å²) in [7, 11) is 0. The first kappa shape index (κ1) is 19.7. The highest BCUT2D eigenvalue weighted by Crippen LogP contribution is 2.29. The predicted octanol–water partition coefficient (Wildman–Crippen LogP) is -0.361. The molecule has 0 spiro atoms. The van der Waals surface area contributed by atoms with Crippen molar-refractivity contribution in [3.05, 3.63) is 41.2 Å². The van der Waals surface area contributed by atoms with Crippen LogP contribution in [0.3, 0.4) is 0 Å². The van der Waals surface area contributed by atoms with Gasteiger partial charge in [0.15, 0.2) is 0 Å². The zero-order valence-corrected chi connectivity index (χ0v) is 16.3. The minimum absolute atomic E-state index is 0.0416. The van der Waals surface area contributed by atoms with Crippen molar-refractivity contribution in [2.24, 2.45) is 5.73 Å². The molecule has 2 aliphatic heterocycles. The number of carbonyl (C=O) groups excluding carboxylic acids is 4. The first-order valence-corrected chi connectivity index (χ1v) is 9.57. The molecule has 2 aromatic rings. The van der Waals surface area contributed by atoms with E-state index in [1.807, 2.05) is 6.92 Å². The highest BCUT2D eigenvalue weighted by atomic mass is 16.2. The molecule has 30 heavy (non-hydrogen) atoms. The van der Waals surface area contributed by atoms with Crippen molar-refractivity contribution in [1.82, 2.24) is 25.2 Å². The molecule has 1 fully saturated rings. The Morgan fingerprint density at radius 2 is 2.00 bits per heavy atom. The predicted molar refractivity (Wildman–Crippen MR) is 104 cm³/mol. The molecule has 1 saturated heterocycles. The Hall–Kier alpha value is -3.60. The molecule has 1 aromatic carbocycles. The number of carbonyl (C=O) groups is 4. The van der Waals surface area contributed by atoms with Crippen molar-refractivity contribution < 1.29 is 19.2 Å². The molecule has 4 rings (SSSR count). The largest absolute Gasteiger partial charge is 0.379 e. The zero-order chi connectivity index (χ0) is 21.4. The summed E-state index contributed by atoms with van der Waals surface area (Å²) in [6.07, 6.45) is 1.99. The second-order valence-electron chi connectivity index (χ2n) is 7.47. The number of hydrogen-bond acceptors (Lipinski definition) is 8. The minimum atomic E-state index is -0.980. The number of nitrogens with two attached hydrogens (primary N) is 1. The number of aromatic nitrogens is 3. The maximum absolute atomic E-state index is 12.8. The molecule has 3 heterocycles. The average Bonchev–Trinajstić information content (AvgIpc) is 3.23. The van der Waals surface area contributed by atoms with Gasteiger partial charge in [-0.25, -0.2) is 0 Å². The van der Waals surface area contributed by atoms with Crippen LogP contribution in [0.15, 0.2) is 24.4 Å². The van der Waals surface area contributed by atoms with Crippen LogP contribution in [0.2, 0.25) is 0 Å². The van der Waals surface area contributed by atoms with Crippen LogP contribution in [0.5, 0.6) is 0 Å². The molecular formula is C19H21N7O4. The van der Waals surface area contributed by atoms with Gasteiger partial charge in [0.05, 0.1) is 30.4 Å². The summed E-state index contributed by atoms with van der Waals surface area (Å²) < 4.78 is 1.66. The number of amides is 4. The van der Waals surface area contributed by atoms with Gasteiger partial charge in [-0.2, -0.15) is 0 Å². The fraction of sp³-hybridized carbons (Fsp3) is 0.368. The fourth-order valence-electron chi connectivity index (χ4n) is 3.58. The molecule has 2 atom stereocenters. The second kappa shape index (κ2) is 7.67. The molecule has 11 nitrogen and oxygen atoms in total. The van der Waals surface area contributed by atoms with E-state index in [0.717, 1.165) is 4.90 Å². The molecule has 1 aromatic heterocycles. The highest BCUT2D eigenvalue weighted by molar-refractivity contribution is 6.23. The molecule has 11 heteroatoms. The number of anilines is 1. The molecular weight excluding hydrogens is 390 g/mol. The minimum Gasteiger partial charge on any atom is -0.379 e. The Balaban J connectivity index is 1.47. The number of benzene rings is 1. The maximum Gasteiger partial charge on any atom is 0.262 e. The standard InChI is InChI=1S/C19H21N7O4/c1-10(20)8-25-9-12(23-24-25)7-21-11-2-3-13-14(6-11)19(30)26(18(13)29)15-4-5-16(27)22-17(15)28/h2-3,6,9-10,15,21H,4-5,7-8,20H2,1H3,(H,22,27,28)/t10-,15?/m0/s1. The molecule has 0 aliphatic carbocycles. The molecule has 2 aliphatic rings. The monoisotopic (exact) mass is 411 g/mol. The molecule has 156 valence electrons. The Morgan fingerprint density at radius 1 is 1.23 bits per heavy atom. The normalized spacial score (nSPS) is 19.7. The van der Waals surface area contributed by atoms with Crippen molar-refractivity contribution in [1.29, 1.82) is 0 Å². The van der Waals surface area contributed by atoms with Crippen molar-refractivity contribution in [2.75, 3.05) is 5.32 Å². The lowest BCUT2D eigenvalue weighted by molar-refractivity contribution is -0.136.